The zero-order valence-corrected chi connectivity index (χ0v) is 13.9. The second-order valence-corrected chi connectivity index (χ2v) is 5.60. The monoisotopic (exact) mass is 314 g/mol. The van der Waals surface area contributed by atoms with Crippen LogP contribution in [-0.4, -0.2) is 18.2 Å². The van der Waals surface area contributed by atoms with Gasteiger partial charge in [-0.3, -0.25) is 0 Å². The van der Waals surface area contributed by atoms with Crippen LogP contribution in [0.3, 0.4) is 0 Å². The Balaban J connectivity index is 2.20. The van der Waals surface area contributed by atoms with Crippen LogP contribution in [0.15, 0.2) is 36.4 Å². The normalized spacial score (nSPS) is 11.9. The topological polar surface area (TPSA) is 55.8 Å². The van der Waals surface area contributed by atoms with E-state index in [4.69, 9.17) is 4.74 Å². The van der Waals surface area contributed by atoms with E-state index in [0.717, 1.165) is 11.3 Å². The number of esters is 1. The lowest BCUT2D eigenvalue weighted by Crippen LogP contribution is -2.16. The minimum Gasteiger partial charge on any atom is -0.489 e. The molecule has 2 aromatic rings. The van der Waals surface area contributed by atoms with E-state index in [-0.39, 0.29) is 6.61 Å². The summed E-state index contributed by atoms with van der Waals surface area (Å²) in [5.41, 5.74) is 4.84. The van der Waals surface area contributed by atoms with Crippen molar-refractivity contribution in [2.45, 2.75) is 33.5 Å². The summed E-state index contributed by atoms with van der Waals surface area (Å²) in [7, 11) is 1.25. The van der Waals surface area contributed by atoms with E-state index >= 15 is 0 Å². The molecule has 0 saturated carbocycles. The van der Waals surface area contributed by atoms with E-state index < -0.39 is 12.1 Å². The molecule has 0 heterocycles. The fourth-order valence-corrected chi connectivity index (χ4v) is 2.41. The third kappa shape index (κ3) is 3.90. The minimum atomic E-state index is -1.30. The van der Waals surface area contributed by atoms with Crippen molar-refractivity contribution in [2.24, 2.45) is 0 Å². The molecule has 1 atom stereocenters. The summed E-state index contributed by atoms with van der Waals surface area (Å²) in [5.74, 6) is 0.0902. The molecule has 0 radical (unpaired) electrons. The number of hydrogen-bond acceptors (Lipinski definition) is 4. The lowest BCUT2D eigenvalue weighted by atomic mass is 10.0. The van der Waals surface area contributed by atoms with E-state index in [0.29, 0.717) is 5.56 Å². The quantitative estimate of drug-likeness (QED) is 0.859. The maximum Gasteiger partial charge on any atom is 0.339 e. The van der Waals surface area contributed by atoms with Gasteiger partial charge in [-0.25, -0.2) is 4.79 Å². The Morgan fingerprint density at radius 2 is 1.74 bits per heavy atom. The van der Waals surface area contributed by atoms with Gasteiger partial charge in [-0.15, -0.1) is 0 Å². The van der Waals surface area contributed by atoms with Gasteiger partial charge in [-0.2, -0.15) is 0 Å². The van der Waals surface area contributed by atoms with Crippen LogP contribution in [0.25, 0.3) is 0 Å². The lowest BCUT2D eigenvalue weighted by Gasteiger charge is -2.15. The van der Waals surface area contributed by atoms with E-state index in [2.05, 4.69) is 11.7 Å². The molecule has 0 bridgehead atoms. The number of aryl methyl sites for hydroxylation is 2. The molecule has 0 saturated heterocycles. The molecule has 4 heteroatoms. The minimum absolute atomic E-state index is 0.270. The van der Waals surface area contributed by atoms with Crippen molar-refractivity contribution in [3.05, 3.63) is 64.2 Å². The average Bonchev–Trinajstić information content (AvgIpc) is 2.56. The first-order valence-corrected chi connectivity index (χ1v) is 7.48. The van der Waals surface area contributed by atoms with Gasteiger partial charge in [0, 0.05) is 0 Å². The van der Waals surface area contributed by atoms with Crippen LogP contribution in [0.2, 0.25) is 0 Å². The molecule has 0 aromatic heterocycles. The number of methoxy groups -OCH3 is 1. The van der Waals surface area contributed by atoms with Gasteiger partial charge < -0.3 is 14.6 Å². The number of aliphatic hydroxyl groups is 1. The fourth-order valence-electron chi connectivity index (χ4n) is 2.41. The number of hydrogen-bond donors (Lipinski definition) is 1. The number of aliphatic hydroxyl groups excluding tert-OH is 1. The summed E-state index contributed by atoms with van der Waals surface area (Å²) in [6, 6.07) is 11.1. The molecule has 0 aliphatic rings. The highest BCUT2D eigenvalue weighted by Gasteiger charge is 2.20. The van der Waals surface area contributed by atoms with Crippen LogP contribution in [0.1, 0.15) is 33.9 Å². The Morgan fingerprint density at radius 1 is 1.13 bits per heavy atom. The maximum atomic E-state index is 11.6. The largest absolute Gasteiger partial charge is 0.489 e. The van der Waals surface area contributed by atoms with E-state index in [1.54, 1.807) is 12.1 Å². The lowest BCUT2D eigenvalue weighted by molar-refractivity contribution is -0.150. The maximum absolute atomic E-state index is 11.6. The second-order valence-electron chi connectivity index (χ2n) is 5.60. The van der Waals surface area contributed by atoms with Gasteiger partial charge in [0.1, 0.15) is 12.4 Å². The first-order chi connectivity index (χ1) is 10.9. The first kappa shape index (κ1) is 17.0. The summed E-state index contributed by atoms with van der Waals surface area (Å²) in [5, 5.41) is 10.1. The van der Waals surface area contributed by atoms with Crippen molar-refractivity contribution >= 4 is 5.97 Å². The Hall–Kier alpha value is -2.33. The summed E-state index contributed by atoms with van der Waals surface area (Å²) >= 11 is 0. The van der Waals surface area contributed by atoms with Crippen LogP contribution in [0.5, 0.6) is 5.75 Å². The predicted molar refractivity (Wildman–Crippen MR) is 88.4 cm³/mol. The molecule has 23 heavy (non-hydrogen) atoms. The van der Waals surface area contributed by atoms with Crippen molar-refractivity contribution in [2.75, 3.05) is 7.11 Å². The molecular formula is C19H22O4. The summed E-state index contributed by atoms with van der Waals surface area (Å²) in [6.07, 6.45) is -1.30. The zero-order valence-electron chi connectivity index (χ0n) is 13.9. The third-order valence-electron chi connectivity index (χ3n) is 4.07. The average molecular weight is 314 g/mol. The van der Waals surface area contributed by atoms with Crippen molar-refractivity contribution in [3.8, 4) is 5.75 Å². The van der Waals surface area contributed by atoms with Gasteiger partial charge in [0.05, 0.1) is 7.11 Å². The number of benzene rings is 2. The standard InChI is InChI=1S/C19H22O4/c1-12-9-16(10-13(2)14(12)3)23-11-15-7-5-6-8-17(15)18(20)19(21)22-4/h5-10,18,20H,11H2,1-4H3. The van der Waals surface area contributed by atoms with Gasteiger partial charge in [0.15, 0.2) is 6.10 Å². The van der Waals surface area contributed by atoms with Gasteiger partial charge in [0.25, 0.3) is 0 Å². The fraction of sp³-hybridized carbons (Fsp3) is 0.316. The molecule has 0 amide bonds. The predicted octanol–water partition coefficient (Wildman–Crippen LogP) is 3.40. The number of carbonyl (C=O) groups is 1. The SMILES string of the molecule is COC(=O)C(O)c1ccccc1COc1cc(C)c(C)c(C)c1. The van der Waals surface area contributed by atoms with Crippen molar-refractivity contribution in [1.29, 1.82) is 0 Å². The Morgan fingerprint density at radius 3 is 2.35 bits per heavy atom. The van der Waals surface area contributed by atoms with Gasteiger partial charge in [-0.1, -0.05) is 24.3 Å². The molecule has 0 aliphatic heterocycles. The summed E-state index contributed by atoms with van der Waals surface area (Å²) in [6.45, 7) is 6.44. The molecule has 122 valence electrons. The van der Waals surface area contributed by atoms with Crippen LogP contribution >= 0.6 is 0 Å². The molecule has 0 fully saturated rings. The van der Waals surface area contributed by atoms with Crippen molar-refractivity contribution in [1.82, 2.24) is 0 Å². The third-order valence-corrected chi connectivity index (χ3v) is 4.07. The van der Waals surface area contributed by atoms with Crippen LogP contribution in [0.4, 0.5) is 0 Å². The molecular weight excluding hydrogens is 292 g/mol. The molecule has 0 aliphatic carbocycles. The van der Waals surface area contributed by atoms with Gasteiger partial charge in [-0.05, 0) is 60.7 Å². The van der Waals surface area contributed by atoms with Crippen LogP contribution in [-0.2, 0) is 16.1 Å². The number of ether oxygens (including phenoxy) is 2. The van der Waals surface area contributed by atoms with E-state index in [9.17, 15) is 9.90 Å². The molecule has 1 unspecified atom stereocenters. The van der Waals surface area contributed by atoms with E-state index in [1.165, 1.54) is 23.8 Å². The number of rotatable bonds is 5. The second kappa shape index (κ2) is 7.29. The summed E-state index contributed by atoms with van der Waals surface area (Å²) in [4.78, 5) is 11.6. The molecule has 4 nitrogen and oxygen atoms in total. The highest BCUT2D eigenvalue weighted by atomic mass is 16.5. The van der Waals surface area contributed by atoms with Crippen LogP contribution < -0.4 is 4.74 Å². The van der Waals surface area contributed by atoms with Gasteiger partial charge >= 0.3 is 5.97 Å². The number of carbonyl (C=O) groups excluding carboxylic acids is 1. The molecule has 2 rings (SSSR count). The Labute approximate surface area is 136 Å². The molecule has 1 N–H and O–H groups in total. The molecule has 2 aromatic carbocycles. The Kier molecular flexibility index (Phi) is 5.40. The summed E-state index contributed by atoms with van der Waals surface area (Å²) < 4.78 is 10.4. The van der Waals surface area contributed by atoms with Crippen molar-refractivity contribution in [3.63, 3.8) is 0 Å². The van der Waals surface area contributed by atoms with E-state index in [1.807, 2.05) is 38.1 Å². The first-order valence-electron chi connectivity index (χ1n) is 7.48. The van der Waals surface area contributed by atoms with Crippen molar-refractivity contribution < 1.29 is 19.4 Å². The van der Waals surface area contributed by atoms with Gasteiger partial charge in [0.2, 0.25) is 0 Å². The zero-order chi connectivity index (χ0) is 17.0. The highest BCUT2D eigenvalue weighted by Crippen LogP contribution is 2.24. The molecule has 0 spiro atoms. The highest BCUT2D eigenvalue weighted by molar-refractivity contribution is 5.76. The van der Waals surface area contributed by atoms with Crippen LogP contribution in [0, 0.1) is 20.8 Å². The Bertz CT molecular complexity index is 683. The smallest absolute Gasteiger partial charge is 0.339 e.